The van der Waals surface area contributed by atoms with E-state index in [4.69, 9.17) is 0 Å². The third-order valence-electron chi connectivity index (χ3n) is 3.43. The second-order valence-electron chi connectivity index (χ2n) is 5.09. The summed E-state index contributed by atoms with van der Waals surface area (Å²) < 4.78 is 1.78. The summed E-state index contributed by atoms with van der Waals surface area (Å²) in [6.07, 6.45) is 8.13. The van der Waals surface area contributed by atoms with Crippen LogP contribution in [0, 0.1) is 5.92 Å². The van der Waals surface area contributed by atoms with Gasteiger partial charge in [0.1, 0.15) is 0 Å². The summed E-state index contributed by atoms with van der Waals surface area (Å²) in [5.41, 5.74) is 1.10. The molecule has 0 saturated heterocycles. The van der Waals surface area contributed by atoms with Crippen LogP contribution in [0.25, 0.3) is 0 Å². The van der Waals surface area contributed by atoms with Crippen LogP contribution in [-0.2, 0) is 13.5 Å². The van der Waals surface area contributed by atoms with Gasteiger partial charge in [0.25, 0.3) is 0 Å². The van der Waals surface area contributed by atoms with E-state index in [1.165, 1.54) is 25.7 Å². The maximum absolute atomic E-state index is 4.21. The molecular weight excluding hydrogens is 224 g/mol. The second kappa shape index (κ2) is 8.25. The summed E-state index contributed by atoms with van der Waals surface area (Å²) in [5, 5.41) is 11.9. The van der Waals surface area contributed by atoms with Gasteiger partial charge in [-0.15, -0.1) is 5.10 Å². The van der Waals surface area contributed by atoms with Crippen molar-refractivity contribution >= 4 is 0 Å². The maximum atomic E-state index is 4.21. The number of aromatic nitrogens is 3. The lowest BCUT2D eigenvalue weighted by Gasteiger charge is -2.27. The van der Waals surface area contributed by atoms with E-state index < -0.39 is 0 Å². The summed E-state index contributed by atoms with van der Waals surface area (Å²) in [4.78, 5) is 0. The fraction of sp³-hybridized carbons (Fsp3) is 0.857. The van der Waals surface area contributed by atoms with Crippen LogP contribution in [0.2, 0.25) is 0 Å². The van der Waals surface area contributed by atoms with Crippen LogP contribution in [0.3, 0.4) is 0 Å². The molecule has 0 aromatic carbocycles. The van der Waals surface area contributed by atoms with Crippen molar-refractivity contribution in [1.29, 1.82) is 0 Å². The topological polar surface area (TPSA) is 42.7 Å². The van der Waals surface area contributed by atoms with E-state index in [0.717, 1.165) is 24.6 Å². The van der Waals surface area contributed by atoms with E-state index in [9.17, 15) is 0 Å². The standard InChI is InChI=1S/C14H28N4/c1-5-8-12(9-6-2)14(15-7-3)10-13-11-18(4)17-16-13/h11-12,14-15H,5-10H2,1-4H3. The Hall–Kier alpha value is -0.900. The molecule has 1 aromatic heterocycles. The zero-order valence-electron chi connectivity index (χ0n) is 12.3. The number of nitrogens with one attached hydrogen (secondary N) is 1. The molecule has 0 radical (unpaired) electrons. The molecule has 1 atom stereocenters. The lowest BCUT2D eigenvalue weighted by Crippen LogP contribution is -2.38. The van der Waals surface area contributed by atoms with Crippen LogP contribution < -0.4 is 5.32 Å². The van der Waals surface area contributed by atoms with Gasteiger partial charge in [0.15, 0.2) is 0 Å². The Balaban J connectivity index is 2.66. The van der Waals surface area contributed by atoms with Crippen molar-refractivity contribution in [3.63, 3.8) is 0 Å². The van der Waals surface area contributed by atoms with Crippen molar-refractivity contribution in [2.75, 3.05) is 6.54 Å². The zero-order chi connectivity index (χ0) is 13.4. The summed E-state index contributed by atoms with van der Waals surface area (Å²) in [7, 11) is 1.92. The van der Waals surface area contributed by atoms with Crippen molar-refractivity contribution in [2.45, 2.75) is 58.9 Å². The van der Waals surface area contributed by atoms with E-state index in [0.29, 0.717) is 6.04 Å². The van der Waals surface area contributed by atoms with Crippen LogP contribution in [0.5, 0.6) is 0 Å². The Morgan fingerprint density at radius 1 is 1.22 bits per heavy atom. The maximum Gasteiger partial charge on any atom is 0.0842 e. The van der Waals surface area contributed by atoms with Crippen LogP contribution in [0.4, 0.5) is 0 Å². The molecule has 0 spiro atoms. The van der Waals surface area contributed by atoms with E-state index in [1.54, 1.807) is 4.68 Å². The third-order valence-corrected chi connectivity index (χ3v) is 3.43. The molecule has 4 nitrogen and oxygen atoms in total. The van der Waals surface area contributed by atoms with Crippen molar-refractivity contribution in [1.82, 2.24) is 20.3 Å². The van der Waals surface area contributed by atoms with Gasteiger partial charge in [0, 0.05) is 25.7 Å². The first-order valence-electron chi connectivity index (χ1n) is 7.29. The molecule has 1 N–H and O–H groups in total. The molecule has 104 valence electrons. The van der Waals surface area contributed by atoms with Gasteiger partial charge < -0.3 is 5.32 Å². The molecule has 18 heavy (non-hydrogen) atoms. The van der Waals surface area contributed by atoms with E-state index >= 15 is 0 Å². The Morgan fingerprint density at radius 3 is 2.33 bits per heavy atom. The van der Waals surface area contributed by atoms with Crippen LogP contribution in [-0.4, -0.2) is 27.6 Å². The minimum Gasteiger partial charge on any atom is -0.314 e. The number of aryl methyl sites for hydroxylation is 1. The fourth-order valence-corrected chi connectivity index (χ4v) is 2.67. The van der Waals surface area contributed by atoms with E-state index in [-0.39, 0.29) is 0 Å². The summed E-state index contributed by atoms with van der Waals surface area (Å²) >= 11 is 0. The predicted octanol–water partition coefficient (Wildman–Crippen LogP) is 2.55. The van der Waals surface area contributed by atoms with E-state index in [1.807, 2.05) is 13.2 Å². The number of nitrogens with zero attached hydrogens (tertiary/aromatic N) is 3. The first-order chi connectivity index (χ1) is 8.71. The van der Waals surface area contributed by atoms with Crippen molar-refractivity contribution in [3.8, 4) is 0 Å². The minimum atomic E-state index is 0.534. The molecule has 0 saturated carbocycles. The number of likely N-dealkylation sites (N-methyl/N-ethyl adjacent to an activating group) is 1. The van der Waals surface area contributed by atoms with Crippen molar-refractivity contribution < 1.29 is 0 Å². The molecule has 1 rings (SSSR count). The SMILES string of the molecule is CCCC(CCC)C(Cc1cn(C)nn1)NCC. The summed E-state index contributed by atoms with van der Waals surface area (Å²) in [5.74, 6) is 0.752. The molecular formula is C14H28N4. The van der Waals surface area contributed by atoms with Crippen molar-refractivity contribution in [3.05, 3.63) is 11.9 Å². The summed E-state index contributed by atoms with van der Waals surface area (Å²) in [6.45, 7) is 7.75. The molecule has 0 bridgehead atoms. The van der Waals surface area contributed by atoms with Gasteiger partial charge in [0.2, 0.25) is 0 Å². The molecule has 0 aliphatic carbocycles. The average Bonchev–Trinajstić information content (AvgIpc) is 2.74. The lowest BCUT2D eigenvalue weighted by molar-refractivity contribution is 0.311. The molecule has 0 amide bonds. The number of hydrogen-bond donors (Lipinski definition) is 1. The van der Waals surface area contributed by atoms with Crippen LogP contribution in [0.1, 0.15) is 52.1 Å². The molecule has 0 aliphatic heterocycles. The predicted molar refractivity (Wildman–Crippen MR) is 75.5 cm³/mol. The first kappa shape index (κ1) is 15.2. The summed E-state index contributed by atoms with van der Waals surface area (Å²) in [6, 6.07) is 0.534. The highest BCUT2D eigenvalue weighted by Gasteiger charge is 2.20. The van der Waals surface area contributed by atoms with Crippen LogP contribution >= 0.6 is 0 Å². The molecule has 1 heterocycles. The Kier molecular flexibility index (Phi) is 6.94. The number of rotatable bonds is 9. The van der Waals surface area contributed by atoms with Gasteiger partial charge in [0.05, 0.1) is 5.69 Å². The highest BCUT2D eigenvalue weighted by Crippen LogP contribution is 2.20. The normalized spacial score (nSPS) is 13.2. The molecule has 0 aliphatic rings. The van der Waals surface area contributed by atoms with Gasteiger partial charge in [-0.25, -0.2) is 0 Å². The molecule has 1 unspecified atom stereocenters. The van der Waals surface area contributed by atoms with E-state index in [2.05, 4.69) is 36.4 Å². The molecule has 1 aromatic rings. The lowest BCUT2D eigenvalue weighted by atomic mass is 9.88. The van der Waals surface area contributed by atoms with Crippen LogP contribution in [0.15, 0.2) is 6.20 Å². The second-order valence-corrected chi connectivity index (χ2v) is 5.09. The minimum absolute atomic E-state index is 0.534. The zero-order valence-corrected chi connectivity index (χ0v) is 12.3. The van der Waals surface area contributed by atoms with Crippen molar-refractivity contribution in [2.24, 2.45) is 13.0 Å². The van der Waals surface area contributed by atoms with Gasteiger partial charge in [-0.1, -0.05) is 38.8 Å². The first-order valence-corrected chi connectivity index (χ1v) is 7.29. The van der Waals surface area contributed by atoms with Gasteiger partial charge in [-0.05, 0) is 25.3 Å². The number of hydrogen-bond acceptors (Lipinski definition) is 3. The largest absolute Gasteiger partial charge is 0.314 e. The average molecular weight is 252 g/mol. The fourth-order valence-electron chi connectivity index (χ4n) is 2.67. The highest BCUT2D eigenvalue weighted by molar-refractivity contribution is 4.97. The monoisotopic (exact) mass is 252 g/mol. The Labute approximate surface area is 111 Å². The van der Waals surface area contributed by atoms with Gasteiger partial charge >= 0.3 is 0 Å². The Bertz CT molecular complexity index is 315. The van der Waals surface area contributed by atoms with Gasteiger partial charge in [-0.3, -0.25) is 4.68 Å². The molecule has 0 fully saturated rings. The smallest absolute Gasteiger partial charge is 0.0842 e. The quantitative estimate of drug-likeness (QED) is 0.734. The highest BCUT2D eigenvalue weighted by atomic mass is 15.4. The Morgan fingerprint density at radius 2 is 1.89 bits per heavy atom. The third kappa shape index (κ3) is 4.77. The molecule has 4 heteroatoms. The van der Waals surface area contributed by atoms with Gasteiger partial charge in [-0.2, -0.15) is 0 Å².